The van der Waals surface area contributed by atoms with Crippen LogP contribution in [0.1, 0.15) is 11.7 Å². The second kappa shape index (κ2) is 4.22. The molecule has 0 aliphatic carbocycles. The van der Waals surface area contributed by atoms with E-state index < -0.39 is 29.3 Å². The maximum atomic E-state index is 13.2. The summed E-state index contributed by atoms with van der Waals surface area (Å²) in [6.45, 7) is 0. The predicted octanol–water partition coefficient (Wildman–Crippen LogP) is 1.09. The Labute approximate surface area is 83.7 Å². The van der Waals surface area contributed by atoms with Gasteiger partial charge in [0, 0.05) is 0 Å². The summed E-state index contributed by atoms with van der Waals surface area (Å²) in [5, 5.41) is 17.6. The quantitative estimate of drug-likeness (QED) is 0.796. The van der Waals surface area contributed by atoms with Crippen LogP contribution in [0.15, 0.2) is 12.1 Å². The van der Waals surface area contributed by atoms with Crippen molar-refractivity contribution >= 4 is 5.97 Å². The molecule has 0 spiro atoms. The number of halogens is 2. The number of aliphatic carboxylic acids is 1. The molecule has 2 N–H and O–H groups in total. The minimum atomic E-state index is -2.16. The Hall–Kier alpha value is -1.69. The van der Waals surface area contributed by atoms with Crippen LogP contribution in [0.3, 0.4) is 0 Å². The van der Waals surface area contributed by atoms with Crippen molar-refractivity contribution in [3.63, 3.8) is 0 Å². The molecule has 15 heavy (non-hydrogen) atoms. The van der Waals surface area contributed by atoms with E-state index in [1.807, 2.05) is 0 Å². The molecule has 0 fully saturated rings. The highest BCUT2D eigenvalue weighted by atomic mass is 19.2. The van der Waals surface area contributed by atoms with E-state index in [0.29, 0.717) is 0 Å². The predicted molar refractivity (Wildman–Crippen MR) is 45.5 cm³/mol. The number of aliphatic hydroxyl groups is 1. The largest absolute Gasteiger partial charge is 0.496 e. The lowest BCUT2D eigenvalue weighted by Gasteiger charge is -2.12. The summed E-state index contributed by atoms with van der Waals surface area (Å²) in [6.07, 6.45) is -2.16. The van der Waals surface area contributed by atoms with Crippen molar-refractivity contribution in [2.24, 2.45) is 0 Å². The van der Waals surface area contributed by atoms with Gasteiger partial charge >= 0.3 is 5.97 Å². The highest BCUT2D eigenvalue weighted by Crippen LogP contribution is 2.29. The lowest BCUT2D eigenvalue weighted by Crippen LogP contribution is -2.14. The van der Waals surface area contributed by atoms with Gasteiger partial charge < -0.3 is 14.9 Å². The van der Waals surface area contributed by atoms with Crippen molar-refractivity contribution in [2.75, 3.05) is 7.11 Å². The van der Waals surface area contributed by atoms with Gasteiger partial charge in [-0.15, -0.1) is 0 Å². The van der Waals surface area contributed by atoms with Gasteiger partial charge in [-0.25, -0.2) is 13.6 Å². The molecule has 0 amide bonds. The van der Waals surface area contributed by atoms with E-state index in [4.69, 9.17) is 10.2 Å². The summed E-state index contributed by atoms with van der Waals surface area (Å²) in [5.74, 6) is -4.57. The molecule has 0 saturated carbocycles. The monoisotopic (exact) mass is 218 g/mol. The van der Waals surface area contributed by atoms with E-state index in [9.17, 15) is 13.6 Å². The normalized spacial score (nSPS) is 12.3. The van der Waals surface area contributed by atoms with Crippen LogP contribution in [-0.4, -0.2) is 23.3 Å². The third kappa shape index (κ3) is 2.04. The first-order valence-corrected chi connectivity index (χ1v) is 3.91. The van der Waals surface area contributed by atoms with Crippen LogP contribution in [0.4, 0.5) is 8.78 Å². The fraction of sp³-hybridized carbons (Fsp3) is 0.222. The summed E-state index contributed by atoms with van der Waals surface area (Å²) < 4.78 is 30.6. The molecule has 0 unspecified atom stereocenters. The van der Waals surface area contributed by atoms with Crippen LogP contribution in [0.25, 0.3) is 0 Å². The van der Waals surface area contributed by atoms with Gasteiger partial charge in [-0.1, -0.05) is 0 Å². The Morgan fingerprint density at radius 1 is 1.47 bits per heavy atom. The Morgan fingerprint density at radius 2 is 2.07 bits per heavy atom. The number of ether oxygens (including phenoxy) is 1. The van der Waals surface area contributed by atoms with Crippen molar-refractivity contribution in [1.29, 1.82) is 0 Å². The maximum Gasteiger partial charge on any atom is 0.337 e. The Balaban J connectivity index is 3.35. The minimum absolute atomic E-state index is 0.219. The van der Waals surface area contributed by atoms with Crippen molar-refractivity contribution in [1.82, 2.24) is 0 Å². The van der Waals surface area contributed by atoms with Crippen LogP contribution >= 0.6 is 0 Å². The van der Waals surface area contributed by atoms with Gasteiger partial charge in [0.15, 0.2) is 17.7 Å². The first kappa shape index (κ1) is 11.4. The maximum absolute atomic E-state index is 13.2. The first-order chi connectivity index (χ1) is 6.99. The summed E-state index contributed by atoms with van der Waals surface area (Å²) in [7, 11) is 1.16. The van der Waals surface area contributed by atoms with E-state index in [1.54, 1.807) is 0 Å². The number of methoxy groups -OCH3 is 1. The van der Waals surface area contributed by atoms with E-state index in [-0.39, 0.29) is 5.75 Å². The highest BCUT2D eigenvalue weighted by molar-refractivity contribution is 5.75. The fourth-order valence-electron chi connectivity index (χ4n) is 1.10. The second-order valence-electron chi connectivity index (χ2n) is 2.72. The van der Waals surface area contributed by atoms with Crippen molar-refractivity contribution in [2.45, 2.75) is 6.10 Å². The number of benzene rings is 1. The van der Waals surface area contributed by atoms with Crippen molar-refractivity contribution in [3.05, 3.63) is 29.3 Å². The third-order valence-electron chi connectivity index (χ3n) is 1.82. The SMILES string of the molecule is COc1ccc(F)c(F)c1[C@@H](O)C(=O)O. The van der Waals surface area contributed by atoms with Gasteiger partial charge in [0.1, 0.15) is 5.75 Å². The zero-order chi connectivity index (χ0) is 11.6. The van der Waals surface area contributed by atoms with Gasteiger partial charge in [-0.3, -0.25) is 0 Å². The zero-order valence-corrected chi connectivity index (χ0v) is 7.70. The Bertz CT molecular complexity index is 392. The standard InChI is InChI=1S/C9H8F2O4/c1-15-5-3-2-4(10)7(11)6(5)8(12)9(13)14/h2-3,8,12H,1H3,(H,13,14)/t8-/m1/s1. The summed E-state index contributed by atoms with van der Waals surface area (Å²) in [4.78, 5) is 10.4. The van der Waals surface area contributed by atoms with Crippen LogP contribution < -0.4 is 4.74 Å². The van der Waals surface area contributed by atoms with Crippen molar-refractivity contribution < 1.29 is 28.5 Å². The molecule has 1 rings (SSSR count). The molecule has 0 bridgehead atoms. The molecule has 0 saturated heterocycles. The molecule has 0 aromatic heterocycles. The number of carboxylic acids is 1. The highest BCUT2D eigenvalue weighted by Gasteiger charge is 2.26. The molecule has 1 aromatic carbocycles. The summed E-state index contributed by atoms with van der Waals surface area (Å²) in [6, 6.07) is 1.83. The molecule has 0 aliphatic rings. The molecule has 0 heterocycles. The van der Waals surface area contributed by atoms with Crippen LogP contribution in [0.2, 0.25) is 0 Å². The molecule has 1 aromatic rings. The number of carbonyl (C=O) groups is 1. The van der Waals surface area contributed by atoms with Gasteiger partial charge in [0.05, 0.1) is 12.7 Å². The fourth-order valence-corrected chi connectivity index (χ4v) is 1.10. The smallest absolute Gasteiger partial charge is 0.337 e. The molecular formula is C9H8F2O4. The van der Waals surface area contributed by atoms with Crippen LogP contribution in [-0.2, 0) is 4.79 Å². The first-order valence-electron chi connectivity index (χ1n) is 3.91. The lowest BCUT2D eigenvalue weighted by atomic mass is 10.1. The number of hydrogen-bond donors (Lipinski definition) is 2. The second-order valence-corrected chi connectivity index (χ2v) is 2.72. The van der Waals surface area contributed by atoms with Gasteiger partial charge in [-0.05, 0) is 12.1 Å². The van der Waals surface area contributed by atoms with E-state index in [2.05, 4.69) is 4.74 Å². The average molecular weight is 218 g/mol. The van der Waals surface area contributed by atoms with Gasteiger partial charge in [0.25, 0.3) is 0 Å². The number of rotatable bonds is 3. The van der Waals surface area contributed by atoms with Gasteiger partial charge in [-0.2, -0.15) is 0 Å². The summed E-state index contributed by atoms with van der Waals surface area (Å²) >= 11 is 0. The van der Waals surface area contributed by atoms with Gasteiger partial charge in [0.2, 0.25) is 0 Å². The molecule has 82 valence electrons. The Kier molecular flexibility index (Phi) is 3.21. The summed E-state index contributed by atoms with van der Waals surface area (Å²) in [5.41, 5.74) is -0.718. The number of aliphatic hydroxyl groups excluding tert-OH is 1. The van der Waals surface area contributed by atoms with E-state index >= 15 is 0 Å². The number of hydrogen-bond acceptors (Lipinski definition) is 3. The minimum Gasteiger partial charge on any atom is -0.496 e. The number of carboxylic acid groups (broad SMARTS) is 1. The molecule has 1 atom stereocenters. The molecule has 0 radical (unpaired) electrons. The topological polar surface area (TPSA) is 66.8 Å². The Morgan fingerprint density at radius 3 is 2.53 bits per heavy atom. The molecular weight excluding hydrogens is 210 g/mol. The van der Waals surface area contributed by atoms with Crippen LogP contribution in [0, 0.1) is 11.6 Å². The zero-order valence-electron chi connectivity index (χ0n) is 7.70. The molecule has 6 heteroatoms. The van der Waals surface area contributed by atoms with Crippen LogP contribution in [0.5, 0.6) is 5.75 Å². The van der Waals surface area contributed by atoms with E-state index in [0.717, 1.165) is 19.2 Å². The third-order valence-corrected chi connectivity index (χ3v) is 1.82. The van der Waals surface area contributed by atoms with Crippen molar-refractivity contribution in [3.8, 4) is 5.75 Å². The molecule has 4 nitrogen and oxygen atoms in total. The lowest BCUT2D eigenvalue weighted by molar-refractivity contribution is -0.147. The van der Waals surface area contributed by atoms with E-state index in [1.165, 1.54) is 0 Å². The average Bonchev–Trinajstić information content (AvgIpc) is 2.20. The molecule has 0 aliphatic heterocycles.